The van der Waals surface area contributed by atoms with Crippen LogP contribution in [0, 0.1) is 0 Å². The third-order valence-electron chi connectivity index (χ3n) is 10.1. The minimum Gasteiger partial charge on any atom is -0.368 e. The van der Waals surface area contributed by atoms with E-state index in [1.54, 1.807) is 4.57 Å². The maximum absolute atomic E-state index is 10.8. The summed E-state index contributed by atoms with van der Waals surface area (Å²) < 4.78 is 4.31. The first-order valence-electron chi connectivity index (χ1n) is 17.2. The lowest BCUT2D eigenvalue weighted by Gasteiger charge is -2.23. The topological polar surface area (TPSA) is 58.3 Å². The van der Waals surface area contributed by atoms with Crippen molar-refractivity contribution in [2.75, 3.05) is 0 Å². The molecule has 0 aliphatic carbocycles. The molecule has 2 heterocycles. The molecule has 4 nitrogen and oxygen atoms in total. The molecule has 0 saturated heterocycles. The average molecular weight is 685 g/mol. The van der Waals surface area contributed by atoms with Crippen molar-refractivity contribution in [2.45, 2.75) is 5.69 Å². The predicted molar refractivity (Wildman–Crippen MR) is 217 cm³/mol. The second-order valence-electron chi connectivity index (χ2n) is 13.2. The van der Waals surface area contributed by atoms with Crippen LogP contribution >= 0.6 is 11.3 Å². The fourth-order valence-electron chi connectivity index (χ4n) is 7.87. The number of nitrogens with zero attached hydrogens (tertiary/aromatic N) is 2. The summed E-state index contributed by atoms with van der Waals surface area (Å²) in [7, 11) is 5.98. The summed E-state index contributed by atoms with van der Waals surface area (Å²) in [5, 5.41) is 28.5. The van der Waals surface area contributed by atoms with Crippen LogP contribution in [-0.2, 0) is 5.69 Å². The number of fused-ring (bicyclic) bond motifs is 6. The molecule has 10 rings (SSSR count). The van der Waals surface area contributed by atoms with E-state index in [0.29, 0.717) is 5.52 Å². The number of hydrogen-bond donors (Lipinski definition) is 2. The Balaban J connectivity index is 1.34. The summed E-state index contributed by atoms with van der Waals surface area (Å²) in [5.41, 5.74) is 5.93. The van der Waals surface area contributed by atoms with E-state index in [2.05, 4.69) is 120 Å². The molecule has 0 bridgehead atoms. The van der Waals surface area contributed by atoms with Gasteiger partial charge in [-0.05, 0) is 91.8 Å². The Hall–Kier alpha value is -6.05. The zero-order valence-electron chi connectivity index (χ0n) is 27.9. The molecule has 0 amide bonds. The quantitative estimate of drug-likeness (QED) is 0.108. The molecular weight excluding hydrogens is 655 g/mol. The molecule has 2 N–H and O–H groups in total. The van der Waals surface area contributed by atoms with Crippen molar-refractivity contribution in [3.63, 3.8) is 0 Å². The molecule has 6 heteroatoms. The highest BCUT2D eigenvalue weighted by Crippen LogP contribution is 2.48. The molecule has 0 atom stereocenters. The number of aliphatic hydroxyl groups is 2. The van der Waals surface area contributed by atoms with Crippen LogP contribution in [0.5, 0.6) is 0 Å². The van der Waals surface area contributed by atoms with Gasteiger partial charge in [-0.1, -0.05) is 121 Å². The van der Waals surface area contributed by atoms with Crippen molar-refractivity contribution in [1.82, 2.24) is 9.55 Å². The molecular formula is C46H29BN2O2S. The Bertz CT molecular complexity index is 3010. The molecule has 0 spiro atoms. The lowest BCUT2D eigenvalue weighted by atomic mass is 9.84. The summed E-state index contributed by atoms with van der Waals surface area (Å²) in [5.74, 6) is -0.0611. The van der Waals surface area contributed by atoms with Crippen LogP contribution < -0.4 is 0 Å². The number of imidazole rings is 1. The molecule has 52 heavy (non-hydrogen) atoms. The van der Waals surface area contributed by atoms with Crippen molar-refractivity contribution < 1.29 is 10.2 Å². The van der Waals surface area contributed by atoms with Crippen molar-refractivity contribution in [3.8, 4) is 39.1 Å². The standard InChI is InChI=1S/C46H29BN2O2S/c47-46(50,51)45-48-38-18-8-10-20-40(38)49(45)39-19-9-6-17-35(39)44-33-16-5-4-15-32(33)43(37-26-29(22-24-34(37)44)28-12-2-1-3-13-28)30-23-25-42-36(27-30)31-14-7-11-21-41(31)52-42/h1-27,50-51H. The van der Waals surface area contributed by atoms with Crippen LogP contribution in [0.25, 0.3) is 91.8 Å². The first-order valence-corrected chi connectivity index (χ1v) is 18.0. The van der Waals surface area contributed by atoms with Gasteiger partial charge < -0.3 is 10.2 Å². The zero-order valence-corrected chi connectivity index (χ0v) is 28.7. The summed E-state index contributed by atoms with van der Waals surface area (Å²) in [4.78, 5) is 4.60. The van der Waals surface area contributed by atoms with Gasteiger partial charge >= 0.3 is 0 Å². The molecule has 244 valence electrons. The number of thiophene rings is 1. The lowest BCUT2D eigenvalue weighted by molar-refractivity contribution is -0.0985. The van der Waals surface area contributed by atoms with E-state index >= 15 is 0 Å². The molecule has 2 radical (unpaired) electrons. The Morgan fingerprint density at radius 2 is 1.12 bits per heavy atom. The Morgan fingerprint density at radius 3 is 1.94 bits per heavy atom. The largest absolute Gasteiger partial charge is 0.368 e. The van der Waals surface area contributed by atoms with Gasteiger partial charge in [0.15, 0.2) is 19.4 Å². The highest BCUT2D eigenvalue weighted by atomic mass is 32.1. The molecule has 0 aliphatic heterocycles. The van der Waals surface area contributed by atoms with Crippen molar-refractivity contribution in [3.05, 3.63) is 170 Å². The minimum absolute atomic E-state index is 0.0611. The summed E-state index contributed by atoms with van der Waals surface area (Å²) in [6, 6.07) is 56.9. The van der Waals surface area contributed by atoms with Crippen LogP contribution in [0.2, 0.25) is 0 Å². The molecule has 0 aliphatic rings. The zero-order chi connectivity index (χ0) is 35.0. The number of para-hydroxylation sites is 3. The van der Waals surface area contributed by atoms with Crippen molar-refractivity contribution >= 4 is 71.9 Å². The minimum atomic E-state index is -2.67. The molecule has 10 aromatic rings. The van der Waals surface area contributed by atoms with Gasteiger partial charge in [0.05, 0.1) is 16.7 Å². The summed E-state index contributed by atoms with van der Waals surface area (Å²) in [6.45, 7) is 0. The van der Waals surface area contributed by atoms with Gasteiger partial charge in [0.1, 0.15) is 0 Å². The van der Waals surface area contributed by atoms with Crippen LogP contribution in [0.4, 0.5) is 0 Å². The van der Waals surface area contributed by atoms with E-state index in [1.807, 2.05) is 59.9 Å². The van der Waals surface area contributed by atoms with Gasteiger partial charge in [-0.3, -0.25) is 4.57 Å². The number of benzene rings is 8. The first-order chi connectivity index (χ1) is 25.4. The molecule has 2 aromatic heterocycles. The van der Waals surface area contributed by atoms with E-state index in [9.17, 15) is 10.2 Å². The maximum atomic E-state index is 10.8. The maximum Gasteiger partial charge on any atom is 0.171 e. The lowest BCUT2D eigenvalue weighted by Crippen LogP contribution is -2.29. The average Bonchev–Trinajstić information content (AvgIpc) is 3.76. The second-order valence-corrected chi connectivity index (χ2v) is 14.3. The predicted octanol–water partition coefficient (Wildman–Crippen LogP) is 11.0. The highest BCUT2D eigenvalue weighted by molar-refractivity contribution is 7.25. The summed E-state index contributed by atoms with van der Waals surface area (Å²) >= 11 is 1.82. The third kappa shape index (κ3) is 4.80. The van der Waals surface area contributed by atoms with Gasteiger partial charge in [-0.2, -0.15) is 0 Å². The third-order valence-corrected chi connectivity index (χ3v) is 11.3. The van der Waals surface area contributed by atoms with Gasteiger partial charge in [0.2, 0.25) is 0 Å². The van der Waals surface area contributed by atoms with Crippen molar-refractivity contribution in [1.29, 1.82) is 0 Å². The molecule has 0 saturated carbocycles. The van der Waals surface area contributed by atoms with Gasteiger partial charge in [-0.15, -0.1) is 11.3 Å². The van der Waals surface area contributed by atoms with Crippen LogP contribution in [-0.4, -0.2) is 27.6 Å². The fraction of sp³-hybridized carbons (Fsp3) is 0.0217. The van der Waals surface area contributed by atoms with Gasteiger partial charge in [0, 0.05) is 25.7 Å². The van der Waals surface area contributed by atoms with E-state index < -0.39 is 5.69 Å². The Labute approximate surface area is 304 Å². The van der Waals surface area contributed by atoms with E-state index in [-0.39, 0.29) is 5.82 Å². The Kier molecular flexibility index (Phi) is 6.95. The van der Waals surface area contributed by atoms with Crippen molar-refractivity contribution in [2.24, 2.45) is 0 Å². The van der Waals surface area contributed by atoms with E-state index in [1.165, 1.54) is 25.7 Å². The SMILES string of the molecule is [B]C(O)(O)c1nc2ccccc2n1-c1ccccc1-c1c2ccccc2c(-c2ccc3sc4ccccc4c3c2)c2cc(-c3ccccc3)ccc12. The first kappa shape index (κ1) is 30.8. The van der Waals surface area contributed by atoms with Gasteiger partial charge in [-0.25, -0.2) is 4.98 Å². The number of rotatable bonds is 5. The molecule has 0 unspecified atom stereocenters. The van der Waals surface area contributed by atoms with Crippen LogP contribution in [0.3, 0.4) is 0 Å². The number of aromatic nitrogens is 2. The van der Waals surface area contributed by atoms with Gasteiger partial charge in [0.25, 0.3) is 0 Å². The molecule has 8 aromatic carbocycles. The highest BCUT2D eigenvalue weighted by Gasteiger charge is 2.29. The fourth-order valence-corrected chi connectivity index (χ4v) is 8.95. The number of hydrogen-bond acceptors (Lipinski definition) is 4. The van der Waals surface area contributed by atoms with Crippen LogP contribution in [0.15, 0.2) is 164 Å². The smallest absolute Gasteiger partial charge is 0.171 e. The molecule has 0 fully saturated rings. The second kappa shape index (κ2) is 11.8. The van der Waals surface area contributed by atoms with E-state index in [4.69, 9.17) is 7.85 Å². The summed E-state index contributed by atoms with van der Waals surface area (Å²) in [6.07, 6.45) is 0. The van der Waals surface area contributed by atoms with E-state index in [0.717, 1.165) is 60.6 Å². The van der Waals surface area contributed by atoms with Crippen LogP contribution in [0.1, 0.15) is 5.82 Å². The normalized spacial score (nSPS) is 12.1. The Morgan fingerprint density at radius 1 is 0.500 bits per heavy atom. The monoisotopic (exact) mass is 684 g/mol.